The summed E-state index contributed by atoms with van der Waals surface area (Å²) in [6.07, 6.45) is 0.769. The van der Waals surface area contributed by atoms with Gasteiger partial charge in [-0.1, -0.05) is 6.92 Å². The molecule has 186 valence electrons. The number of amides is 2. The SMILES string of the molecule is CO[C@H]1CN(C)C(=O)c2ccc(NS(C)(=O)=O)cc2OC[C@@H](C)N(C(=O)CN(C)C)C[C@H]1C. The highest BCUT2D eigenvalue weighted by Crippen LogP contribution is 2.27. The standard InChI is InChI=1S/C22H36N4O6S/c1-15-11-26(21(27)13-24(3)4)16(2)14-32-19-10-17(23-33(7,29)30)8-9-18(19)22(28)25(5)12-20(15)31-6/h8-10,15-16,20,23H,11-14H2,1-7H3/t15-,16-,20+/m1/s1. The van der Waals surface area contributed by atoms with Crippen molar-refractivity contribution < 1.29 is 27.5 Å². The Kier molecular flexibility index (Phi) is 9.10. The van der Waals surface area contributed by atoms with Gasteiger partial charge in [0.05, 0.1) is 36.2 Å². The Morgan fingerprint density at radius 2 is 1.94 bits per heavy atom. The van der Waals surface area contributed by atoms with Crippen LogP contribution >= 0.6 is 0 Å². The number of rotatable bonds is 5. The summed E-state index contributed by atoms with van der Waals surface area (Å²) >= 11 is 0. The number of likely N-dealkylation sites (N-methyl/N-ethyl adjacent to an activating group) is 2. The van der Waals surface area contributed by atoms with Crippen LogP contribution in [-0.2, 0) is 19.6 Å². The van der Waals surface area contributed by atoms with Crippen LogP contribution in [0.2, 0.25) is 0 Å². The van der Waals surface area contributed by atoms with Crippen molar-refractivity contribution in [3.8, 4) is 5.75 Å². The minimum absolute atomic E-state index is 0.0287. The van der Waals surface area contributed by atoms with Crippen LogP contribution in [0.3, 0.4) is 0 Å². The summed E-state index contributed by atoms with van der Waals surface area (Å²) in [5.41, 5.74) is 0.591. The Hall–Kier alpha value is -2.37. The molecule has 1 N–H and O–H groups in total. The van der Waals surface area contributed by atoms with E-state index in [1.165, 1.54) is 18.2 Å². The van der Waals surface area contributed by atoms with Crippen LogP contribution in [0, 0.1) is 5.92 Å². The Labute approximate surface area is 196 Å². The third-order valence-corrected chi connectivity index (χ3v) is 6.13. The molecular weight excluding hydrogens is 448 g/mol. The van der Waals surface area contributed by atoms with Gasteiger partial charge in [0.2, 0.25) is 15.9 Å². The van der Waals surface area contributed by atoms with Crippen molar-refractivity contribution in [3.63, 3.8) is 0 Å². The predicted molar refractivity (Wildman–Crippen MR) is 127 cm³/mol. The first-order valence-electron chi connectivity index (χ1n) is 10.8. The number of hydrogen-bond donors (Lipinski definition) is 1. The average Bonchev–Trinajstić information content (AvgIpc) is 2.70. The molecule has 10 nitrogen and oxygen atoms in total. The minimum Gasteiger partial charge on any atom is -0.491 e. The van der Waals surface area contributed by atoms with Crippen molar-refractivity contribution in [1.29, 1.82) is 0 Å². The Balaban J connectivity index is 2.47. The maximum absolute atomic E-state index is 13.2. The van der Waals surface area contributed by atoms with Crippen LogP contribution in [0.1, 0.15) is 24.2 Å². The summed E-state index contributed by atoms with van der Waals surface area (Å²) < 4.78 is 37.4. The minimum atomic E-state index is -3.50. The molecule has 0 saturated heterocycles. The van der Waals surface area contributed by atoms with E-state index in [1.54, 1.807) is 24.0 Å². The topological polar surface area (TPSA) is 108 Å². The van der Waals surface area contributed by atoms with Crippen LogP contribution in [0.25, 0.3) is 0 Å². The van der Waals surface area contributed by atoms with Gasteiger partial charge in [0.1, 0.15) is 12.4 Å². The quantitative estimate of drug-likeness (QED) is 0.663. The van der Waals surface area contributed by atoms with Gasteiger partial charge in [0.15, 0.2) is 0 Å². The number of sulfonamides is 1. The van der Waals surface area contributed by atoms with Crippen molar-refractivity contribution in [1.82, 2.24) is 14.7 Å². The van der Waals surface area contributed by atoms with Gasteiger partial charge < -0.3 is 24.2 Å². The number of anilines is 1. The second kappa shape index (κ2) is 11.2. The van der Waals surface area contributed by atoms with E-state index >= 15 is 0 Å². The zero-order chi connectivity index (χ0) is 24.9. The molecule has 1 aliphatic rings. The van der Waals surface area contributed by atoms with Gasteiger partial charge in [-0.3, -0.25) is 14.3 Å². The Bertz CT molecular complexity index is 952. The van der Waals surface area contributed by atoms with Gasteiger partial charge in [-0.25, -0.2) is 8.42 Å². The van der Waals surface area contributed by atoms with Crippen LogP contribution in [0.15, 0.2) is 18.2 Å². The first kappa shape index (κ1) is 26.9. The van der Waals surface area contributed by atoms with E-state index in [9.17, 15) is 18.0 Å². The summed E-state index contributed by atoms with van der Waals surface area (Å²) in [6.45, 7) is 5.05. The molecule has 0 spiro atoms. The van der Waals surface area contributed by atoms with E-state index < -0.39 is 10.0 Å². The fourth-order valence-corrected chi connectivity index (χ4v) is 4.31. The molecule has 1 aromatic rings. The molecule has 0 unspecified atom stereocenters. The summed E-state index contributed by atoms with van der Waals surface area (Å²) in [5.74, 6) is -0.0834. The molecule has 0 bridgehead atoms. The molecule has 1 aliphatic heterocycles. The molecule has 2 amide bonds. The fourth-order valence-electron chi connectivity index (χ4n) is 3.76. The van der Waals surface area contributed by atoms with E-state index in [-0.39, 0.29) is 54.5 Å². The molecule has 0 aliphatic carbocycles. The molecule has 0 radical (unpaired) electrons. The lowest BCUT2D eigenvalue weighted by molar-refractivity contribution is -0.136. The third kappa shape index (κ3) is 7.58. The number of methoxy groups -OCH3 is 1. The number of fused-ring (bicyclic) bond motifs is 1. The van der Waals surface area contributed by atoms with Crippen molar-refractivity contribution in [3.05, 3.63) is 23.8 Å². The van der Waals surface area contributed by atoms with Gasteiger partial charge in [0.25, 0.3) is 5.91 Å². The van der Waals surface area contributed by atoms with E-state index in [1.807, 2.05) is 32.8 Å². The average molecular weight is 485 g/mol. The molecule has 33 heavy (non-hydrogen) atoms. The van der Waals surface area contributed by atoms with Crippen LogP contribution < -0.4 is 9.46 Å². The van der Waals surface area contributed by atoms with Crippen LogP contribution in [0.4, 0.5) is 5.69 Å². The van der Waals surface area contributed by atoms with Crippen LogP contribution in [-0.4, -0.2) is 108 Å². The normalized spacial score (nSPS) is 22.8. The Morgan fingerprint density at radius 1 is 1.27 bits per heavy atom. The third-order valence-electron chi connectivity index (χ3n) is 5.52. The van der Waals surface area contributed by atoms with Gasteiger partial charge in [-0.05, 0) is 33.2 Å². The van der Waals surface area contributed by atoms with Gasteiger partial charge in [-0.15, -0.1) is 0 Å². The highest BCUT2D eigenvalue weighted by atomic mass is 32.2. The zero-order valence-electron chi connectivity index (χ0n) is 20.5. The van der Waals surface area contributed by atoms with Gasteiger partial charge in [0, 0.05) is 39.2 Å². The summed E-state index contributed by atoms with van der Waals surface area (Å²) in [5, 5.41) is 0. The number of benzene rings is 1. The molecule has 2 rings (SSSR count). The van der Waals surface area contributed by atoms with Crippen molar-refractivity contribution >= 4 is 27.5 Å². The molecular formula is C22H36N4O6S. The van der Waals surface area contributed by atoms with E-state index in [0.717, 1.165) is 6.26 Å². The lowest BCUT2D eigenvalue weighted by atomic mass is 10.0. The second-order valence-corrected chi connectivity index (χ2v) is 10.7. The number of carbonyl (C=O) groups is 2. The Morgan fingerprint density at radius 3 is 2.52 bits per heavy atom. The lowest BCUT2D eigenvalue weighted by Crippen LogP contribution is -2.50. The summed E-state index contributed by atoms with van der Waals surface area (Å²) in [4.78, 5) is 31.3. The maximum atomic E-state index is 13.2. The molecule has 0 saturated carbocycles. The lowest BCUT2D eigenvalue weighted by Gasteiger charge is -2.36. The molecule has 0 aromatic heterocycles. The highest BCUT2D eigenvalue weighted by Gasteiger charge is 2.30. The fraction of sp³-hybridized carbons (Fsp3) is 0.636. The molecule has 3 atom stereocenters. The summed E-state index contributed by atoms with van der Waals surface area (Å²) in [7, 11) is 3.45. The molecule has 11 heteroatoms. The smallest absolute Gasteiger partial charge is 0.257 e. The van der Waals surface area contributed by atoms with Crippen LogP contribution in [0.5, 0.6) is 5.75 Å². The van der Waals surface area contributed by atoms with E-state index in [2.05, 4.69) is 4.72 Å². The van der Waals surface area contributed by atoms with E-state index in [0.29, 0.717) is 18.7 Å². The molecule has 1 heterocycles. The van der Waals surface area contributed by atoms with Crippen molar-refractivity contribution in [2.75, 3.05) is 65.5 Å². The molecule has 0 fully saturated rings. The predicted octanol–water partition coefficient (Wildman–Crippen LogP) is 0.952. The monoisotopic (exact) mass is 484 g/mol. The number of nitrogens with one attached hydrogen (secondary N) is 1. The van der Waals surface area contributed by atoms with E-state index in [4.69, 9.17) is 9.47 Å². The van der Waals surface area contributed by atoms with Gasteiger partial charge >= 0.3 is 0 Å². The highest BCUT2D eigenvalue weighted by molar-refractivity contribution is 7.92. The first-order chi connectivity index (χ1) is 15.3. The first-order valence-corrected chi connectivity index (χ1v) is 12.7. The maximum Gasteiger partial charge on any atom is 0.257 e. The number of hydrogen-bond acceptors (Lipinski definition) is 7. The number of carbonyl (C=O) groups excluding carboxylic acids is 2. The zero-order valence-corrected chi connectivity index (χ0v) is 21.3. The van der Waals surface area contributed by atoms with Gasteiger partial charge in [-0.2, -0.15) is 0 Å². The molecule has 1 aromatic carbocycles. The number of ether oxygens (including phenoxy) is 2. The largest absolute Gasteiger partial charge is 0.491 e. The summed E-state index contributed by atoms with van der Waals surface area (Å²) in [6, 6.07) is 4.26. The second-order valence-electron chi connectivity index (χ2n) is 8.97. The number of nitrogens with zero attached hydrogens (tertiary/aromatic N) is 3. The van der Waals surface area contributed by atoms with Crippen molar-refractivity contribution in [2.24, 2.45) is 5.92 Å². The van der Waals surface area contributed by atoms with Crippen molar-refractivity contribution in [2.45, 2.75) is 26.0 Å².